The SMILES string of the molecule is Fc1ccccc1CN(CCCn1ccnc1)Cc1ccnc(N2CCCC2)n1. The summed E-state index contributed by atoms with van der Waals surface area (Å²) in [6.45, 7) is 4.99. The first-order chi connectivity index (χ1) is 14.3. The van der Waals surface area contributed by atoms with Gasteiger partial charge in [0.1, 0.15) is 5.82 Å². The van der Waals surface area contributed by atoms with Crippen LogP contribution in [0, 0.1) is 5.82 Å². The van der Waals surface area contributed by atoms with Crippen LogP contribution in [0.1, 0.15) is 30.5 Å². The number of imidazole rings is 1. The van der Waals surface area contributed by atoms with Crippen molar-refractivity contribution in [3.63, 3.8) is 0 Å². The molecule has 152 valence electrons. The molecule has 6 nitrogen and oxygen atoms in total. The molecular formula is C22H27FN6. The number of benzene rings is 1. The van der Waals surface area contributed by atoms with E-state index in [9.17, 15) is 4.39 Å². The lowest BCUT2D eigenvalue weighted by Crippen LogP contribution is -2.27. The van der Waals surface area contributed by atoms with Crippen LogP contribution in [0.2, 0.25) is 0 Å². The molecule has 0 saturated carbocycles. The minimum absolute atomic E-state index is 0.160. The highest BCUT2D eigenvalue weighted by molar-refractivity contribution is 5.31. The van der Waals surface area contributed by atoms with Gasteiger partial charge < -0.3 is 9.47 Å². The first-order valence-electron chi connectivity index (χ1n) is 10.3. The zero-order chi connectivity index (χ0) is 19.9. The highest BCUT2D eigenvalue weighted by Crippen LogP contribution is 2.17. The molecule has 0 N–H and O–H groups in total. The van der Waals surface area contributed by atoms with E-state index in [1.165, 1.54) is 18.9 Å². The van der Waals surface area contributed by atoms with E-state index < -0.39 is 0 Å². The second-order valence-corrected chi connectivity index (χ2v) is 7.50. The molecule has 0 unspecified atom stereocenters. The minimum atomic E-state index is -0.160. The van der Waals surface area contributed by atoms with E-state index in [0.717, 1.165) is 44.2 Å². The second kappa shape index (κ2) is 9.60. The van der Waals surface area contributed by atoms with Crippen LogP contribution in [-0.4, -0.2) is 44.1 Å². The van der Waals surface area contributed by atoms with E-state index in [1.807, 2.05) is 36.9 Å². The number of hydrogen-bond acceptors (Lipinski definition) is 5. The number of aromatic nitrogens is 4. The Morgan fingerprint density at radius 2 is 1.90 bits per heavy atom. The van der Waals surface area contributed by atoms with Crippen molar-refractivity contribution < 1.29 is 4.39 Å². The van der Waals surface area contributed by atoms with Crippen LogP contribution in [0.15, 0.2) is 55.2 Å². The van der Waals surface area contributed by atoms with Crippen LogP contribution in [0.25, 0.3) is 0 Å². The predicted molar refractivity (Wildman–Crippen MR) is 111 cm³/mol. The van der Waals surface area contributed by atoms with Crippen LogP contribution >= 0.6 is 0 Å². The molecule has 1 aliphatic rings. The fraction of sp³-hybridized carbons (Fsp3) is 0.409. The Morgan fingerprint density at radius 3 is 2.69 bits per heavy atom. The molecule has 0 radical (unpaired) electrons. The van der Waals surface area contributed by atoms with Crippen molar-refractivity contribution in [1.82, 2.24) is 24.4 Å². The maximum atomic E-state index is 14.2. The van der Waals surface area contributed by atoms with Gasteiger partial charge in [0.15, 0.2) is 0 Å². The standard InChI is InChI=1S/C22H27FN6/c23-21-7-2-1-6-19(21)16-28(12-5-11-27-15-10-24-18-27)17-20-8-9-25-22(26-20)29-13-3-4-14-29/h1-2,6-10,15,18H,3-5,11-14,16-17H2. The molecule has 3 heterocycles. The predicted octanol–water partition coefficient (Wildman–Crippen LogP) is 3.50. The Labute approximate surface area is 171 Å². The number of rotatable bonds is 9. The summed E-state index contributed by atoms with van der Waals surface area (Å²) in [5, 5.41) is 0. The third-order valence-corrected chi connectivity index (χ3v) is 5.28. The topological polar surface area (TPSA) is 50.1 Å². The molecule has 0 bridgehead atoms. The van der Waals surface area contributed by atoms with Gasteiger partial charge in [0, 0.05) is 63.4 Å². The van der Waals surface area contributed by atoms with Crippen LogP contribution < -0.4 is 4.90 Å². The van der Waals surface area contributed by atoms with Crippen molar-refractivity contribution in [3.05, 3.63) is 72.3 Å². The number of aryl methyl sites for hydroxylation is 1. The molecule has 0 amide bonds. The maximum absolute atomic E-state index is 14.2. The molecular weight excluding hydrogens is 367 g/mol. The van der Waals surface area contributed by atoms with Gasteiger partial charge >= 0.3 is 0 Å². The Bertz CT molecular complexity index is 892. The molecule has 29 heavy (non-hydrogen) atoms. The lowest BCUT2D eigenvalue weighted by molar-refractivity contribution is 0.242. The van der Waals surface area contributed by atoms with Crippen LogP contribution in [0.4, 0.5) is 10.3 Å². The van der Waals surface area contributed by atoms with Gasteiger partial charge in [-0.15, -0.1) is 0 Å². The van der Waals surface area contributed by atoms with Crippen LogP contribution in [-0.2, 0) is 19.6 Å². The third-order valence-electron chi connectivity index (χ3n) is 5.28. The summed E-state index contributed by atoms with van der Waals surface area (Å²) in [6.07, 6.45) is 10.8. The van der Waals surface area contributed by atoms with Crippen molar-refractivity contribution >= 4 is 5.95 Å². The Balaban J connectivity index is 1.45. The molecule has 1 saturated heterocycles. The summed E-state index contributed by atoms with van der Waals surface area (Å²) < 4.78 is 16.3. The maximum Gasteiger partial charge on any atom is 0.225 e. The molecule has 0 spiro atoms. The molecule has 4 rings (SSSR count). The molecule has 0 aliphatic carbocycles. The molecule has 3 aromatic rings. The lowest BCUT2D eigenvalue weighted by Gasteiger charge is -2.23. The van der Waals surface area contributed by atoms with Crippen LogP contribution in [0.5, 0.6) is 0 Å². The van der Waals surface area contributed by atoms with Gasteiger partial charge in [-0.3, -0.25) is 4.90 Å². The zero-order valence-electron chi connectivity index (χ0n) is 16.6. The smallest absolute Gasteiger partial charge is 0.225 e. The molecule has 1 fully saturated rings. The summed E-state index contributed by atoms with van der Waals surface area (Å²) in [4.78, 5) is 17.8. The van der Waals surface area contributed by atoms with Crippen molar-refractivity contribution in [1.29, 1.82) is 0 Å². The largest absolute Gasteiger partial charge is 0.341 e. The Kier molecular flexibility index (Phi) is 6.46. The van der Waals surface area contributed by atoms with Gasteiger partial charge in [-0.25, -0.2) is 19.3 Å². The number of anilines is 1. The quantitative estimate of drug-likeness (QED) is 0.556. The summed E-state index contributed by atoms with van der Waals surface area (Å²) in [6, 6.07) is 8.96. The van der Waals surface area contributed by atoms with E-state index >= 15 is 0 Å². The molecule has 1 aliphatic heterocycles. The summed E-state index contributed by atoms with van der Waals surface area (Å²) in [7, 11) is 0. The molecule has 0 atom stereocenters. The van der Waals surface area contributed by atoms with E-state index in [1.54, 1.807) is 12.3 Å². The molecule has 1 aromatic carbocycles. The van der Waals surface area contributed by atoms with Crippen LogP contribution in [0.3, 0.4) is 0 Å². The minimum Gasteiger partial charge on any atom is -0.341 e. The van der Waals surface area contributed by atoms with Gasteiger partial charge in [-0.1, -0.05) is 18.2 Å². The molecule has 2 aromatic heterocycles. The van der Waals surface area contributed by atoms with E-state index in [4.69, 9.17) is 4.98 Å². The summed E-state index contributed by atoms with van der Waals surface area (Å²) in [5.74, 6) is 0.650. The van der Waals surface area contributed by atoms with Gasteiger partial charge in [-0.2, -0.15) is 0 Å². The fourth-order valence-corrected chi connectivity index (χ4v) is 3.75. The van der Waals surface area contributed by atoms with Gasteiger partial charge in [0.25, 0.3) is 0 Å². The van der Waals surface area contributed by atoms with E-state index in [-0.39, 0.29) is 5.82 Å². The van der Waals surface area contributed by atoms with Gasteiger partial charge in [-0.05, 0) is 31.4 Å². The third kappa shape index (κ3) is 5.38. The highest BCUT2D eigenvalue weighted by atomic mass is 19.1. The number of nitrogens with zero attached hydrogens (tertiary/aromatic N) is 6. The Hall–Kier alpha value is -2.80. The monoisotopic (exact) mass is 394 g/mol. The Morgan fingerprint density at radius 1 is 1.03 bits per heavy atom. The summed E-state index contributed by atoms with van der Waals surface area (Å²) >= 11 is 0. The number of hydrogen-bond donors (Lipinski definition) is 0. The first kappa shape index (κ1) is 19.5. The average molecular weight is 394 g/mol. The lowest BCUT2D eigenvalue weighted by atomic mass is 10.2. The van der Waals surface area contributed by atoms with Crippen molar-refractivity contribution in [2.45, 2.75) is 38.9 Å². The average Bonchev–Trinajstić information content (AvgIpc) is 3.44. The van der Waals surface area contributed by atoms with Crippen molar-refractivity contribution in [2.24, 2.45) is 0 Å². The van der Waals surface area contributed by atoms with E-state index in [2.05, 4.69) is 24.3 Å². The normalized spacial score (nSPS) is 14.1. The molecule has 7 heteroatoms. The van der Waals surface area contributed by atoms with Crippen molar-refractivity contribution in [2.75, 3.05) is 24.5 Å². The first-order valence-corrected chi connectivity index (χ1v) is 10.3. The second-order valence-electron chi connectivity index (χ2n) is 7.50. The fourth-order valence-electron chi connectivity index (χ4n) is 3.75. The zero-order valence-corrected chi connectivity index (χ0v) is 16.6. The van der Waals surface area contributed by atoms with Gasteiger partial charge in [0.2, 0.25) is 5.95 Å². The summed E-state index contributed by atoms with van der Waals surface area (Å²) in [5.41, 5.74) is 1.69. The highest BCUT2D eigenvalue weighted by Gasteiger charge is 2.16. The number of halogens is 1. The van der Waals surface area contributed by atoms with Gasteiger partial charge in [0.05, 0.1) is 12.0 Å². The van der Waals surface area contributed by atoms with E-state index in [0.29, 0.717) is 18.7 Å². The van der Waals surface area contributed by atoms with Crippen molar-refractivity contribution in [3.8, 4) is 0 Å².